The number of aromatic nitrogens is 3. The molecule has 0 spiro atoms. The van der Waals surface area contributed by atoms with Gasteiger partial charge in [-0.25, -0.2) is 14.2 Å². The molecule has 1 saturated carbocycles. The van der Waals surface area contributed by atoms with Crippen LogP contribution in [0.5, 0.6) is 5.88 Å². The fourth-order valence-electron chi connectivity index (χ4n) is 5.33. The SMILES string of the molecule is COc1nc(-c2cccc(-c3cccc(NC(=O)c4cn(C)c(=O)n(C)c4=O)c3Cl)c2F)ccc1CNC[C@@H]1CCC(=O)C1. The zero-order valence-electron chi connectivity index (χ0n) is 24.4. The Hall–Kier alpha value is -4.61. The summed E-state index contributed by atoms with van der Waals surface area (Å²) in [6.07, 6.45) is 3.29. The van der Waals surface area contributed by atoms with Gasteiger partial charge in [0.1, 0.15) is 17.2 Å². The normalized spacial score (nSPS) is 14.6. The minimum absolute atomic E-state index is 0.0643. The quantitative estimate of drug-likeness (QED) is 0.286. The van der Waals surface area contributed by atoms with Crippen molar-refractivity contribution in [2.45, 2.75) is 25.8 Å². The van der Waals surface area contributed by atoms with E-state index in [2.05, 4.69) is 15.6 Å². The number of anilines is 1. The van der Waals surface area contributed by atoms with Crippen LogP contribution in [0.2, 0.25) is 5.02 Å². The second-order valence-electron chi connectivity index (χ2n) is 10.7. The summed E-state index contributed by atoms with van der Waals surface area (Å²) < 4.78 is 23.5. The molecule has 2 aromatic heterocycles. The number of benzene rings is 2. The molecule has 10 nitrogen and oxygen atoms in total. The maximum atomic E-state index is 16.1. The van der Waals surface area contributed by atoms with Gasteiger partial charge >= 0.3 is 5.69 Å². The van der Waals surface area contributed by atoms with E-state index in [1.165, 1.54) is 27.3 Å². The van der Waals surface area contributed by atoms with Crippen LogP contribution in [0.25, 0.3) is 22.4 Å². The van der Waals surface area contributed by atoms with Crippen molar-refractivity contribution in [3.05, 3.63) is 97.5 Å². The summed E-state index contributed by atoms with van der Waals surface area (Å²) in [4.78, 5) is 53.6. The maximum Gasteiger partial charge on any atom is 0.330 e. The number of ether oxygens (including phenoxy) is 1. The number of ketones is 1. The van der Waals surface area contributed by atoms with Crippen molar-refractivity contribution in [1.29, 1.82) is 0 Å². The number of carbonyl (C=O) groups is 2. The Bertz CT molecular complexity index is 1890. The molecule has 2 aromatic carbocycles. The highest BCUT2D eigenvalue weighted by molar-refractivity contribution is 6.36. The van der Waals surface area contributed by atoms with Gasteiger partial charge in [-0.3, -0.25) is 19.0 Å². The van der Waals surface area contributed by atoms with Crippen LogP contribution in [0.3, 0.4) is 0 Å². The average molecular weight is 620 g/mol. The summed E-state index contributed by atoms with van der Waals surface area (Å²) in [7, 11) is 4.21. The minimum atomic E-state index is -0.767. The van der Waals surface area contributed by atoms with Crippen molar-refractivity contribution in [2.75, 3.05) is 19.0 Å². The Kier molecular flexibility index (Phi) is 9.07. The molecular weight excluding hydrogens is 589 g/mol. The van der Waals surface area contributed by atoms with E-state index < -0.39 is 23.0 Å². The summed E-state index contributed by atoms with van der Waals surface area (Å²) in [6.45, 7) is 1.21. The molecule has 0 bridgehead atoms. The van der Waals surface area contributed by atoms with Crippen LogP contribution < -0.4 is 26.6 Å². The Morgan fingerprint density at radius 1 is 1.07 bits per heavy atom. The van der Waals surface area contributed by atoms with E-state index in [4.69, 9.17) is 16.3 Å². The zero-order valence-corrected chi connectivity index (χ0v) is 25.2. The monoisotopic (exact) mass is 619 g/mol. The lowest BCUT2D eigenvalue weighted by molar-refractivity contribution is -0.117. The van der Waals surface area contributed by atoms with Gasteiger partial charge in [0.15, 0.2) is 0 Å². The third kappa shape index (κ3) is 6.20. The van der Waals surface area contributed by atoms with E-state index >= 15 is 4.39 Å². The predicted molar refractivity (Wildman–Crippen MR) is 166 cm³/mol. The average Bonchev–Trinajstić information content (AvgIpc) is 3.44. The summed E-state index contributed by atoms with van der Waals surface area (Å²) in [6, 6.07) is 13.1. The molecule has 1 atom stereocenters. The van der Waals surface area contributed by atoms with E-state index in [0.717, 1.165) is 33.9 Å². The highest BCUT2D eigenvalue weighted by atomic mass is 35.5. The number of Topliss-reactive ketones (excluding diaryl/α,β-unsaturated/α-hetero) is 1. The van der Waals surface area contributed by atoms with Crippen molar-refractivity contribution < 1.29 is 18.7 Å². The zero-order chi connectivity index (χ0) is 31.5. The van der Waals surface area contributed by atoms with Gasteiger partial charge in [-0.1, -0.05) is 41.9 Å². The molecule has 44 heavy (non-hydrogen) atoms. The number of methoxy groups -OCH3 is 1. The van der Waals surface area contributed by atoms with Crippen molar-refractivity contribution in [3.63, 3.8) is 0 Å². The fourth-order valence-corrected chi connectivity index (χ4v) is 5.61. The molecule has 2 heterocycles. The van der Waals surface area contributed by atoms with E-state index in [1.54, 1.807) is 36.4 Å². The number of hydrogen-bond acceptors (Lipinski definition) is 7. The first-order chi connectivity index (χ1) is 21.1. The summed E-state index contributed by atoms with van der Waals surface area (Å²) in [5.74, 6) is -0.351. The highest BCUT2D eigenvalue weighted by Gasteiger charge is 2.22. The first-order valence-corrected chi connectivity index (χ1v) is 14.4. The highest BCUT2D eigenvalue weighted by Crippen LogP contribution is 2.38. The summed E-state index contributed by atoms with van der Waals surface area (Å²) in [5, 5.41) is 6.03. The number of pyridine rings is 1. The number of nitrogens with one attached hydrogen (secondary N) is 2. The molecule has 0 aliphatic heterocycles. The predicted octanol–water partition coefficient (Wildman–Crippen LogP) is 4.33. The van der Waals surface area contributed by atoms with Gasteiger partial charge in [0.2, 0.25) is 5.88 Å². The van der Waals surface area contributed by atoms with Gasteiger partial charge < -0.3 is 19.9 Å². The molecule has 12 heteroatoms. The van der Waals surface area contributed by atoms with Crippen LogP contribution in [0.4, 0.5) is 10.1 Å². The van der Waals surface area contributed by atoms with Crippen LogP contribution in [0.15, 0.2) is 64.3 Å². The first kappa shape index (κ1) is 30.8. The van der Waals surface area contributed by atoms with E-state index in [1.807, 2.05) is 6.07 Å². The third-order valence-corrected chi connectivity index (χ3v) is 8.14. The maximum absolute atomic E-state index is 16.1. The Labute approximate surface area is 257 Å². The van der Waals surface area contributed by atoms with Crippen LogP contribution >= 0.6 is 11.6 Å². The third-order valence-electron chi connectivity index (χ3n) is 7.73. The number of halogens is 2. The number of nitrogens with zero attached hydrogens (tertiary/aromatic N) is 3. The van der Waals surface area contributed by atoms with Crippen LogP contribution in [0.1, 0.15) is 35.2 Å². The number of aryl methyl sites for hydroxylation is 1. The van der Waals surface area contributed by atoms with Gasteiger partial charge in [-0.05, 0) is 37.1 Å². The molecule has 1 aliphatic carbocycles. The van der Waals surface area contributed by atoms with Gasteiger partial charge in [-0.15, -0.1) is 0 Å². The van der Waals surface area contributed by atoms with E-state index in [9.17, 15) is 19.2 Å². The van der Waals surface area contributed by atoms with Crippen LogP contribution in [0, 0.1) is 11.7 Å². The molecule has 4 aromatic rings. The van der Waals surface area contributed by atoms with Crippen LogP contribution in [-0.4, -0.2) is 39.5 Å². The number of rotatable bonds is 9. The van der Waals surface area contributed by atoms with Gasteiger partial charge in [0.05, 0.1) is 23.5 Å². The lowest BCUT2D eigenvalue weighted by Gasteiger charge is -2.15. The lowest BCUT2D eigenvalue weighted by atomic mass is 9.99. The molecule has 1 fully saturated rings. The minimum Gasteiger partial charge on any atom is -0.481 e. The van der Waals surface area contributed by atoms with Crippen molar-refractivity contribution in [3.8, 4) is 28.3 Å². The van der Waals surface area contributed by atoms with Crippen molar-refractivity contribution in [1.82, 2.24) is 19.4 Å². The molecule has 0 saturated heterocycles. The number of carbonyl (C=O) groups excluding carboxylic acids is 2. The van der Waals surface area contributed by atoms with E-state index in [-0.39, 0.29) is 27.4 Å². The largest absolute Gasteiger partial charge is 0.481 e. The lowest BCUT2D eigenvalue weighted by Crippen LogP contribution is -2.40. The molecule has 1 aliphatic rings. The second-order valence-corrected chi connectivity index (χ2v) is 11.1. The van der Waals surface area contributed by atoms with Crippen molar-refractivity contribution >= 4 is 29.0 Å². The number of hydrogen-bond donors (Lipinski definition) is 2. The topological polar surface area (TPSA) is 124 Å². The van der Waals surface area contributed by atoms with Crippen molar-refractivity contribution in [2.24, 2.45) is 20.0 Å². The second kappa shape index (κ2) is 12.9. The molecule has 1 amide bonds. The fraction of sp³-hybridized carbons (Fsp3) is 0.281. The first-order valence-electron chi connectivity index (χ1n) is 14.0. The van der Waals surface area contributed by atoms with Gasteiger partial charge in [0.25, 0.3) is 11.5 Å². The van der Waals surface area contributed by atoms with E-state index in [0.29, 0.717) is 48.2 Å². The van der Waals surface area contributed by atoms with Gasteiger partial charge in [0, 0.05) is 61.9 Å². The molecule has 2 N–H and O–H groups in total. The Morgan fingerprint density at radius 3 is 2.52 bits per heavy atom. The molecule has 0 unspecified atom stereocenters. The Balaban J connectivity index is 1.40. The number of amides is 1. The Morgan fingerprint density at radius 2 is 1.80 bits per heavy atom. The van der Waals surface area contributed by atoms with Gasteiger partial charge in [-0.2, -0.15) is 0 Å². The van der Waals surface area contributed by atoms with Crippen LogP contribution in [-0.2, 0) is 25.4 Å². The summed E-state index contributed by atoms with van der Waals surface area (Å²) >= 11 is 6.66. The molecule has 5 rings (SSSR count). The standard InChI is InChI=1S/C32H31ClFN5O5/c1-38-17-24(31(42)39(2)32(38)43)29(41)36-26-9-5-6-21(27(26)33)22-7-4-8-23(28(22)34)25-13-11-19(30(37-25)44-3)16-35-15-18-10-12-20(40)14-18/h4-9,11,13,17-18,35H,10,12,14-16H2,1-3H3,(H,36,41)/t18-/m1/s1. The smallest absolute Gasteiger partial charge is 0.330 e. The summed E-state index contributed by atoms with van der Waals surface area (Å²) in [5.41, 5.74) is 0.461. The molecular formula is C32H31ClFN5O5. The molecule has 0 radical (unpaired) electrons. The molecule has 228 valence electrons.